The van der Waals surface area contributed by atoms with Gasteiger partial charge in [0.2, 0.25) is 0 Å². The lowest BCUT2D eigenvalue weighted by molar-refractivity contribution is -0.189. The third-order valence-electron chi connectivity index (χ3n) is 3.46. The summed E-state index contributed by atoms with van der Waals surface area (Å²) < 4.78 is 5.49. The number of hydrogen-bond donors (Lipinski definition) is 0. The Kier molecular flexibility index (Phi) is 3.01. The van der Waals surface area contributed by atoms with Gasteiger partial charge in [-0.2, -0.15) is 5.26 Å². The Morgan fingerprint density at radius 1 is 1.58 bits per heavy atom. The van der Waals surface area contributed by atoms with E-state index < -0.39 is 0 Å². The molecule has 0 unspecified atom stereocenters. The molecule has 0 radical (unpaired) electrons. The predicted molar refractivity (Wildman–Crippen MR) is 68.6 cm³/mol. The maximum atomic E-state index is 8.90. The van der Waals surface area contributed by atoms with Gasteiger partial charge >= 0.3 is 0 Å². The van der Waals surface area contributed by atoms with Gasteiger partial charge in [-0.05, 0) is 13.0 Å². The highest BCUT2D eigenvalue weighted by atomic mass is 16.7. The van der Waals surface area contributed by atoms with Gasteiger partial charge in [0, 0.05) is 31.8 Å². The van der Waals surface area contributed by atoms with Crippen LogP contribution in [-0.2, 0) is 9.57 Å². The second-order valence-electron chi connectivity index (χ2n) is 4.93. The molecule has 6 heteroatoms. The third kappa shape index (κ3) is 2.23. The van der Waals surface area contributed by atoms with Crippen LogP contribution in [0.15, 0.2) is 28.5 Å². The van der Waals surface area contributed by atoms with Crippen molar-refractivity contribution in [2.45, 2.75) is 25.6 Å². The van der Waals surface area contributed by atoms with Gasteiger partial charge in [0.1, 0.15) is 30.4 Å². The number of hydrogen-bond acceptors (Lipinski definition) is 6. The van der Waals surface area contributed by atoms with E-state index in [0.717, 1.165) is 24.4 Å². The first kappa shape index (κ1) is 12.2. The standard InChI is InChI=1S/C13H16N4O2/c1-9-12(3-4-18-9)19-17-7-10-5-11(6-14)15-13(10)16(2)8-17/h5,7,9,12H,3-4,8H2,1-2H3/t9-,12+/m1/s1. The summed E-state index contributed by atoms with van der Waals surface area (Å²) in [5.74, 6) is 0.826. The van der Waals surface area contributed by atoms with Gasteiger partial charge in [0.25, 0.3) is 0 Å². The van der Waals surface area contributed by atoms with E-state index in [2.05, 4.69) is 11.1 Å². The van der Waals surface area contributed by atoms with Gasteiger partial charge in [-0.25, -0.2) is 10.1 Å². The fourth-order valence-corrected chi connectivity index (χ4v) is 2.44. The van der Waals surface area contributed by atoms with Crippen LogP contribution in [0.2, 0.25) is 0 Å². The molecular weight excluding hydrogens is 244 g/mol. The highest BCUT2D eigenvalue weighted by Crippen LogP contribution is 2.25. The predicted octanol–water partition coefficient (Wildman–Crippen LogP) is 1.00. The fraction of sp³-hybridized carbons (Fsp3) is 0.538. The minimum Gasteiger partial charge on any atom is -0.376 e. The SMILES string of the molecule is C[C@H]1OCC[C@@H]1ON1C=C2C=C(C#N)N=C2N(C)C1. The van der Waals surface area contributed by atoms with Crippen LogP contribution in [0.3, 0.4) is 0 Å². The molecule has 3 aliphatic heterocycles. The molecule has 1 fully saturated rings. The molecule has 0 amide bonds. The summed E-state index contributed by atoms with van der Waals surface area (Å²) in [6, 6.07) is 2.06. The van der Waals surface area contributed by atoms with Crippen molar-refractivity contribution in [2.75, 3.05) is 20.3 Å². The lowest BCUT2D eigenvalue weighted by Gasteiger charge is -2.34. The number of aliphatic imine (C=N–C) groups is 1. The summed E-state index contributed by atoms with van der Waals surface area (Å²) in [5, 5.41) is 10.7. The molecule has 19 heavy (non-hydrogen) atoms. The van der Waals surface area contributed by atoms with Gasteiger partial charge in [0.05, 0.1) is 6.10 Å². The number of rotatable bonds is 2. The summed E-state index contributed by atoms with van der Waals surface area (Å²) >= 11 is 0. The van der Waals surface area contributed by atoms with Crippen molar-refractivity contribution >= 4 is 5.84 Å². The van der Waals surface area contributed by atoms with Crippen molar-refractivity contribution in [1.82, 2.24) is 9.96 Å². The number of hydroxylamine groups is 2. The van der Waals surface area contributed by atoms with Crippen molar-refractivity contribution in [2.24, 2.45) is 4.99 Å². The third-order valence-corrected chi connectivity index (χ3v) is 3.46. The van der Waals surface area contributed by atoms with Crippen molar-refractivity contribution < 1.29 is 9.57 Å². The zero-order chi connectivity index (χ0) is 13.4. The molecule has 3 aliphatic rings. The Labute approximate surface area is 112 Å². The van der Waals surface area contributed by atoms with Crippen molar-refractivity contribution in [3.05, 3.63) is 23.5 Å². The van der Waals surface area contributed by atoms with Crippen LogP contribution in [0.25, 0.3) is 0 Å². The van der Waals surface area contributed by atoms with E-state index in [1.165, 1.54) is 0 Å². The molecular formula is C13H16N4O2. The monoisotopic (exact) mass is 260 g/mol. The molecule has 0 aromatic heterocycles. The van der Waals surface area contributed by atoms with E-state index in [9.17, 15) is 0 Å². The number of nitriles is 1. The highest BCUT2D eigenvalue weighted by molar-refractivity contribution is 6.04. The lowest BCUT2D eigenvalue weighted by Crippen LogP contribution is -2.43. The normalized spacial score (nSPS) is 29.6. The first-order valence-electron chi connectivity index (χ1n) is 6.36. The Morgan fingerprint density at radius 3 is 3.11 bits per heavy atom. The van der Waals surface area contributed by atoms with Gasteiger partial charge in [0.15, 0.2) is 0 Å². The van der Waals surface area contributed by atoms with E-state index in [1.807, 2.05) is 25.1 Å². The van der Waals surface area contributed by atoms with E-state index in [1.54, 1.807) is 11.1 Å². The summed E-state index contributed by atoms with van der Waals surface area (Å²) in [5.41, 5.74) is 1.35. The zero-order valence-corrected chi connectivity index (χ0v) is 11.0. The zero-order valence-electron chi connectivity index (χ0n) is 11.0. The first-order chi connectivity index (χ1) is 9.17. The fourth-order valence-electron chi connectivity index (χ4n) is 2.44. The van der Waals surface area contributed by atoms with Gasteiger partial charge in [-0.3, -0.25) is 4.84 Å². The summed E-state index contributed by atoms with van der Waals surface area (Å²) in [7, 11) is 1.94. The molecule has 1 saturated heterocycles. The Bertz CT molecular complexity index is 517. The number of likely N-dealkylation sites (N-methyl/N-ethyl adjacent to an activating group) is 1. The minimum absolute atomic E-state index is 0.0876. The van der Waals surface area contributed by atoms with Crippen LogP contribution in [0.1, 0.15) is 13.3 Å². The van der Waals surface area contributed by atoms with Gasteiger partial charge in [-0.1, -0.05) is 0 Å². The Balaban J connectivity index is 1.76. The molecule has 0 aromatic carbocycles. The van der Waals surface area contributed by atoms with Crippen LogP contribution in [0.5, 0.6) is 0 Å². The largest absolute Gasteiger partial charge is 0.376 e. The molecule has 100 valence electrons. The molecule has 0 aliphatic carbocycles. The van der Waals surface area contributed by atoms with Gasteiger partial charge < -0.3 is 9.64 Å². The summed E-state index contributed by atoms with van der Waals surface area (Å²) in [6.07, 6.45) is 4.78. The average molecular weight is 260 g/mol. The molecule has 0 bridgehead atoms. The minimum atomic E-state index is 0.0876. The second-order valence-corrected chi connectivity index (χ2v) is 4.93. The van der Waals surface area contributed by atoms with Crippen LogP contribution in [0.4, 0.5) is 0 Å². The number of fused-ring (bicyclic) bond motifs is 1. The molecule has 3 heterocycles. The molecule has 0 spiro atoms. The molecule has 2 atom stereocenters. The topological polar surface area (TPSA) is 61.1 Å². The van der Waals surface area contributed by atoms with Crippen LogP contribution < -0.4 is 0 Å². The maximum absolute atomic E-state index is 8.90. The van der Waals surface area contributed by atoms with Crippen LogP contribution in [0, 0.1) is 11.3 Å². The van der Waals surface area contributed by atoms with E-state index in [4.69, 9.17) is 14.8 Å². The van der Waals surface area contributed by atoms with Crippen molar-refractivity contribution in [3.8, 4) is 6.07 Å². The maximum Gasteiger partial charge on any atom is 0.143 e. The number of ether oxygens (including phenoxy) is 1. The smallest absolute Gasteiger partial charge is 0.143 e. The molecule has 0 N–H and O–H groups in total. The van der Waals surface area contributed by atoms with Crippen LogP contribution in [-0.4, -0.2) is 48.3 Å². The van der Waals surface area contributed by atoms with Crippen molar-refractivity contribution in [3.63, 3.8) is 0 Å². The Hall–Kier alpha value is -1.84. The number of nitrogens with zero attached hydrogens (tertiary/aromatic N) is 4. The molecule has 0 saturated carbocycles. The quantitative estimate of drug-likeness (QED) is 0.741. The highest BCUT2D eigenvalue weighted by Gasteiger charge is 2.30. The number of amidine groups is 1. The summed E-state index contributed by atoms with van der Waals surface area (Å²) in [4.78, 5) is 12.2. The molecule has 6 nitrogen and oxygen atoms in total. The van der Waals surface area contributed by atoms with E-state index in [0.29, 0.717) is 12.4 Å². The van der Waals surface area contributed by atoms with Crippen molar-refractivity contribution in [1.29, 1.82) is 5.26 Å². The Morgan fingerprint density at radius 2 is 2.42 bits per heavy atom. The van der Waals surface area contributed by atoms with E-state index >= 15 is 0 Å². The molecule has 3 rings (SSSR count). The lowest BCUT2D eigenvalue weighted by atomic mass is 10.2. The average Bonchev–Trinajstić information content (AvgIpc) is 2.97. The molecule has 0 aromatic rings. The van der Waals surface area contributed by atoms with E-state index in [-0.39, 0.29) is 12.2 Å². The van der Waals surface area contributed by atoms with Gasteiger partial charge in [-0.15, -0.1) is 0 Å². The summed E-state index contributed by atoms with van der Waals surface area (Å²) in [6.45, 7) is 3.37. The number of allylic oxidation sites excluding steroid dienone is 1. The van der Waals surface area contributed by atoms with Crippen LogP contribution >= 0.6 is 0 Å². The second kappa shape index (κ2) is 4.68. The first-order valence-corrected chi connectivity index (χ1v) is 6.36.